The number of aliphatic hydroxyl groups excluding tert-OH is 1. The molecule has 0 aliphatic heterocycles. The molecule has 0 bridgehead atoms. The first-order valence-electron chi connectivity index (χ1n) is 5.16. The van der Waals surface area contributed by atoms with Gasteiger partial charge in [0, 0.05) is 6.54 Å². The number of rotatable bonds is 3. The van der Waals surface area contributed by atoms with E-state index in [2.05, 4.69) is 6.92 Å². The molecule has 3 atom stereocenters. The van der Waals surface area contributed by atoms with Crippen molar-refractivity contribution in [2.75, 3.05) is 6.54 Å². The van der Waals surface area contributed by atoms with E-state index in [-0.39, 0.29) is 6.10 Å². The third kappa shape index (κ3) is 2.46. The number of nitrogens with two attached hydrogens (primary N) is 1. The largest absolute Gasteiger partial charge is 0.392 e. The van der Waals surface area contributed by atoms with Gasteiger partial charge in [0.05, 0.1) is 6.10 Å². The lowest BCUT2D eigenvalue weighted by Gasteiger charge is -2.31. The number of aliphatic hydroxyl groups is 1. The van der Waals surface area contributed by atoms with Crippen molar-refractivity contribution in [2.45, 2.75) is 45.1 Å². The van der Waals surface area contributed by atoms with Gasteiger partial charge in [-0.05, 0) is 24.7 Å². The zero-order valence-electron chi connectivity index (χ0n) is 8.00. The highest BCUT2D eigenvalue weighted by molar-refractivity contribution is 4.77. The molecule has 12 heavy (non-hydrogen) atoms. The van der Waals surface area contributed by atoms with Crippen LogP contribution < -0.4 is 5.73 Å². The Bertz CT molecular complexity index is 125. The molecule has 1 saturated carbocycles. The standard InChI is InChI=1S/C10H21NO/c1-2-8-4-3-5-9(6-8)10(12)7-11/h8-10,12H,2-7,11H2,1H3. The normalized spacial score (nSPS) is 33.2. The van der Waals surface area contributed by atoms with Crippen LogP contribution in [0.4, 0.5) is 0 Å². The monoisotopic (exact) mass is 171 g/mol. The van der Waals surface area contributed by atoms with Crippen LogP contribution in [0.1, 0.15) is 39.0 Å². The first-order chi connectivity index (χ1) is 5.77. The minimum atomic E-state index is -0.251. The van der Waals surface area contributed by atoms with Crippen LogP contribution in [-0.4, -0.2) is 17.8 Å². The van der Waals surface area contributed by atoms with Crippen molar-refractivity contribution < 1.29 is 5.11 Å². The van der Waals surface area contributed by atoms with Gasteiger partial charge in [0.25, 0.3) is 0 Å². The topological polar surface area (TPSA) is 46.2 Å². The first-order valence-corrected chi connectivity index (χ1v) is 5.16. The maximum Gasteiger partial charge on any atom is 0.0690 e. The molecule has 1 aliphatic carbocycles. The Hall–Kier alpha value is -0.0800. The molecular formula is C10H21NO. The van der Waals surface area contributed by atoms with E-state index in [4.69, 9.17) is 5.73 Å². The van der Waals surface area contributed by atoms with Crippen molar-refractivity contribution in [3.63, 3.8) is 0 Å². The Morgan fingerprint density at radius 2 is 2.25 bits per heavy atom. The third-order valence-electron chi connectivity index (χ3n) is 3.19. The molecule has 3 unspecified atom stereocenters. The second-order valence-corrected chi connectivity index (χ2v) is 4.00. The third-order valence-corrected chi connectivity index (χ3v) is 3.19. The summed E-state index contributed by atoms with van der Waals surface area (Å²) in [6.07, 6.45) is 6.00. The van der Waals surface area contributed by atoms with Gasteiger partial charge in [0.1, 0.15) is 0 Å². The molecule has 2 heteroatoms. The van der Waals surface area contributed by atoms with Gasteiger partial charge in [0.2, 0.25) is 0 Å². The van der Waals surface area contributed by atoms with Crippen LogP contribution in [0.5, 0.6) is 0 Å². The molecule has 3 N–H and O–H groups in total. The smallest absolute Gasteiger partial charge is 0.0690 e. The molecular weight excluding hydrogens is 150 g/mol. The molecule has 0 radical (unpaired) electrons. The zero-order chi connectivity index (χ0) is 8.97. The van der Waals surface area contributed by atoms with Crippen molar-refractivity contribution in [1.82, 2.24) is 0 Å². The average molecular weight is 171 g/mol. The van der Waals surface area contributed by atoms with Crippen LogP contribution in [0.15, 0.2) is 0 Å². The van der Waals surface area contributed by atoms with Gasteiger partial charge in [-0.1, -0.05) is 26.2 Å². The van der Waals surface area contributed by atoms with Gasteiger partial charge in [-0.3, -0.25) is 0 Å². The van der Waals surface area contributed by atoms with E-state index in [1.807, 2.05) is 0 Å². The quantitative estimate of drug-likeness (QED) is 0.676. The Morgan fingerprint density at radius 3 is 2.83 bits per heavy atom. The van der Waals surface area contributed by atoms with Crippen molar-refractivity contribution in [3.05, 3.63) is 0 Å². The fourth-order valence-corrected chi connectivity index (χ4v) is 2.25. The van der Waals surface area contributed by atoms with Crippen molar-refractivity contribution >= 4 is 0 Å². The van der Waals surface area contributed by atoms with Crippen LogP contribution in [0.3, 0.4) is 0 Å². The van der Waals surface area contributed by atoms with Crippen molar-refractivity contribution in [2.24, 2.45) is 17.6 Å². The molecule has 2 nitrogen and oxygen atoms in total. The van der Waals surface area contributed by atoms with Crippen LogP contribution in [0.2, 0.25) is 0 Å². The van der Waals surface area contributed by atoms with Crippen LogP contribution in [-0.2, 0) is 0 Å². The summed E-state index contributed by atoms with van der Waals surface area (Å²) in [4.78, 5) is 0. The van der Waals surface area contributed by atoms with E-state index in [0.717, 1.165) is 5.92 Å². The predicted octanol–water partition coefficient (Wildman–Crippen LogP) is 1.52. The molecule has 0 saturated heterocycles. The summed E-state index contributed by atoms with van der Waals surface area (Å²) in [6.45, 7) is 2.67. The Morgan fingerprint density at radius 1 is 1.50 bits per heavy atom. The molecule has 0 spiro atoms. The summed E-state index contributed by atoms with van der Waals surface area (Å²) in [7, 11) is 0. The van der Waals surface area contributed by atoms with Gasteiger partial charge < -0.3 is 10.8 Å². The summed E-state index contributed by atoms with van der Waals surface area (Å²) in [5.74, 6) is 1.32. The molecule has 0 aromatic rings. The lowest BCUT2D eigenvalue weighted by molar-refractivity contribution is 0.0747. The van der Waals surface area contributed by atoms with Crippen LogP contribution in [0.25, 0.3) is 0 Å². The fourth-order valence-electron chi connectivity index (χ4n) is 2.25. The summed E-state index contributed by atoms with van der Waals surface area (Å²) >= 11 is 0. The molecule has 72 valence electrons. The summed E-state index contributed by atoms with van der Waals surface area (Å²) in [5.41, 5.74) is 5.44. The maximum atomic E-state index is 9.57. The Kier molecular flexibility index (Phi) is 4.02. The second kappa shape index (κ2) is 4.83. The lowest BCUT2D eigenvalue weighted by Crippen LogP contribution is -2.32. The molecule has 0 heterocycles. The van der Waals surface area contributed by atoms with Gasteiger partial charge in [-0.2, -0.15) is 0 Å². The minimum Gasteiger partial charge on any atom is -0.392 e. The van der Waals surface area contributed by atoms with Crippen molar-refractivity contribution in [1.29, 1.82) is 0 Å². The highest BCUT2D eigenvalue weighted by Crippen LogP contribution is 2.32. The van der Waals surface area contributed by atoms with E-state index in [9.17, 15) is 5.11 Å². The highest BCUT2D eigenvalue weighted by Gasteiger charge is 2.25. The lowest BCUT2D eigenvalue weighted by atomic mass is 9.78. The fraction of sp³-hybridized carbons (Fsp3) is 1.00. The molecule has 1 rings (SSSR count). The summed E-state index contributed by atoms with van der Waals surface area (Å²) in [5, 5.41) is 9.57. The Balaban J connectivity index is 2.34. The minimum absolute atomic E-state index is 0.251. The molecule has 1 aliphatic rings. The molecule has 0 aromatic heterocycles. The SMILES string of the molecule is CCC1CCCC(C(O)CN)C1. The molecule has 0 aromatic carbocycles. The second-order valence-electron chi connectivity index (χ2n) is 4.00. The number of hydrogen-bond donors (Lipinski definition) is 2. The van der Waals surface area contributed by atoms with Gasteiger partial charge in [-0.15, -0.1) is 0 Å². The number of hydrogen-bond acceptors (Lipinski definition) is 2. The van der Waals surface area contributed by atoms with Gasteiger partial charge in [-0.25, -0.2) is 0 Å². The van der Waals surface area contributed by atoms with E-state index in [1.165, 1.54) is 32.1 Å². The molecule has 0 amide bonds. The van der Waals surface area contributed by atoms with Crippen LogP contribution >= 0.6 is 0 Å². The maximum absolute atomic E-state index is 9.57. The zero-order valence-corrected chi connectivity index (χ0v) is 8.00. The van der Waals surface area contributed by atoms with E-state index < -0.39 is 0 Å². The van der Waals surface area contributed by atoms with E-state index in [1.54, 1.807) is 0 Å². The van der Waals surface area contributed by atoms with E-state index in [0.29, 0.717) is 12.5 Å². The van der Waals surface area contributed by atoms with Gasteiger partial charge >= 0.3 is 0 Å². The molecule has 1 fully saturated rings. The predicted molar refractivity (Wildman–Crippen MR) is 50.8 cm³/mol. The summed E-state index contributed by atoms with van der Waals surface area (Å²) in [6, 6.07) is 0. The van der Waals surface area contributed by atoms with Gasteiger partial charge in [0.15, 0.2) is 0 Å². The Labute approximate surface area is 75.2 Å². The highest BCUT2D eigenvalue weighted by atomic mass is 16.3. The van der Waals surface area contributed by atoms with E-state index >= 15 is 0 Å². The summed E-state index contributed by atoms with van der Waals surface area (Å²) < 4.78 is 0. The average Bonchev–Trinajstić information content (AvgIpc) is 2.17. The van der Waals surface area contributed by atoms with Crippen LogP contribution in [0, 0.1) is 11.8 Å². The van der Waals surface area contributed by atoms with Crippen molar-refractivity contribution in [3.8, 4) is 0 Å². The first kappa shape index (κ1) is 10.0.